The van der Waals surface area contributed by atoms with Gasteiger partial charge in [0.15, 0.2) is 20.2 Å². The summed E-state index contributed by atoms with van der Waals surface area (Å²) in [6.07, 6.45) is 1.44. The highest BCUT2D eigenvalue weighted by Gasteiger charge is 2.11. The summed E-state index contributed by atoms with van der Waals surface area (Å²) in [6, 6.07) is 17.8. The van der Waals surface area contributed by atoms with Crippen molar-refractivity contribution in [3.8, 4) is 17.2 Å². The zero-order valence-electron chi connectivity index (χ0n) is 18.9. The second-order valence-corrected chi connectivity index (χ2v) is 10.5. The fourth-order valence-corrected chi connectivity index (χ4v) is 6.01. The predicted molar refractivity (Wildman–Crippen MR) is 141 cm³/mol. The maximum Gasteiger partial charge on any atom is 0.250 e. The quantitative estimate of drug-likeness (QED) is 0.170. The van der Waals surface area contributed by atoms with E-state index in [-0.39, 0.29) is 28.9 Å². The van der Waals surface area contributed by atoms with E-state index in [0.29, 0.717) is 5.56 Å². The van der Waals surface area contributed by atoms with Crippen LogP contribution in [0.1, 0.15) is 11.1 Å². The Balaban J connectivity index is 1.27. The number of benzene rings is 3. The summed E-state index contributed by atoms with van der Waals surface area (Å²) in [7, 11) is 2.88. The van der Waals surface area contributed by atoms with Crippen LogP contribution in [0.2, 0.25) is 0 Å². The minimum atomic E-state index is -0.274. The number of phenols is 1. The maximum absolute atomic E-state index is 12.2. The van der Waals surface area contributed by atoms with Crippen LogP contribution in [0.5, 0.6) is 17.2 Å². The molecule has 4 rings (SSSR count). The van der Waals surface area contributed by atoms with E-state index in [2.05, 4.69) is 51.1 Å². The van der Waals surface area contributed by atoms with Gasteiger partial charge in [0, 0.05) is 11.3 Å². The van der Waals surface area contributed by atoms with Crippen LogP contribution in [0.3, 0.4) is 0 Å². The van der Waals surface area contributed by atoms with Crippen LogP contribution in [0.25, 0.3) is 10.8 Å². The number of hydrogen-bond acceptors (Lipinski definition) is 10. The zero-order chi connectivity index (χ0) is 24.6. The summed E-state index contributed by atoms with van der Waals surface area (Å²) in [4.78, 5) is 12.2. The summed E-state index contributed by atoms with van der Waals surface area (Å²) in [5.41, 5.74) is 4.33. The van der Waals surface area contributed by atoms with E-state index in [1.807, 2.05) is 12.1 Å². The van der Waals surface area contributed by atoms with Gasteiger partial charge in [-0.2, -0.15) is 5.10 Å². The van der Waals surface area contributed by atoms with Crippen molar-refractivity contribution in [2.45, 2.75) is 14.4 Å². The molecule has 180 valence electrons. The lowest BCUT2D eigenvalue weighted by molar-refractivity contribution is -0.118. The largest absolute Gasteiger partial charge is 0.502 e. The number of methoxy groups -OCH3 is 2. The number of ether oxygens (including phenoxy) is 2. The summed E-state index contributed by atoms with van der Waals surface area (Å²) in [6.45, 7) is 0. The molecule has 0 spiro atoms. The summed E-state index contributed by atoms with van der Waals surface area (Å²) in [5.74, 6) is 1.07. The molecule has 1 aromatic heterocycles. The highest BCUT2D eigenvalue weighted by molar-refractivity contribution is 8.03. The second-order valence-electron chi connectivity index (χ2n) is 7.12. The molecule has 2 N–H and O–H groups in total. The molecule has 0 bridgehead atoms. The van der Waals surface area contributed by atoms with E-state index >= 15 is 0 Å². The van der Waals surface area contributed by atoms with Gasteiger partial charge in [0.25, 0.3) is 5.91 Å². The standard InChI is InChI=1S/C24H22N4O4S3/c1-31-19-10-15(11-20(32-2)22(19)30)12-25-26-21(29)14-34-24-28-27-23(35-24)33-13-17-8-5-7-16-6-3-4-9-18(16)17/h3-12,30H,13-14H2,1-2H3,(H,26,29)/b25-12-. The fourth-order valence-electron chi connectivity index (χ4n) is 3.20. The number of amides is 1. The Morgan fingerprint density at radius 3 is 2.49 bits per heavy atom. The molecule has 1 heterocycles. The smallest absolute Gasteiger partial charge is 0.250 e. The highest BCUT2D eigenvalue weighted by atomic mass is 32.2. The van der Waals surface area contributed by atoms with Gasteiger partial charge < -0.3 is 14.6 Å². The van der Waals surface area contributed by atoms with Gasteiger partial charge in [0.05, 0.1) is 26.2 Å². The molecule has 11 heteroatoms. The number of phenolic OH excluding ortho intramolecular Hbond substituents is 1. The third-order valence-electron chi connectivity index (χ3n) is 4.85. The van der Waals surface area contributed by atoms with Crippen LogP contribution in [0.4, 0.5) is 0 Å². The molecule has 0 atom stereocenters. The van der Waals surface area contributed by atoms with Crippen molar-refractivity contribution in [1.29, 1.82) is 0 Å². The van der Waals surface area contributed by atoms with Crippen LogP contribution >= 0.6 is 34.9 Å². The molecule has 0 fully saturated rings. The molecule has 0 saturated carbocycles. The van der Waals surface area contributed by atoms with Crippen LogP contribution < -0.4 is 14.9 Å². The van der Waals surface area contributed by atoms with Crippen molar-refractivity contribution < 1.29 is 19.4 Å². The first-order valence-electron chi connectivity index (χ1n) is 10.4. The zero-order valence-corrected chi connectivity index (χ0v) is 21.4. The first kappa shape index (κ1) is 24.8. The number of nitrogens with zero attached hydrogens (tertiary/aromatic N) is 3. The van der Waals surface area contributed by atoms with Gasteiger partial charge in [-0.1, -0.05) is 77.3 Å². The molecule has 35 heavy (non-hydrogen) atoms. The van der Waals surface area contributed by atoms with Crippen LogP contribution in [0.15, 0.2) is 68.4 Å². The number of carbonyl (C=O) groups excluding carboxylic acids is 1. The van der Waals surface area contributed by atoms with Crippen molar-refractivity contribution in [3.63, 3.8) is 0 Å². The van der Waals surface area contributed by atoms with Gasteiger partial charge in [-0.3, -0.25) is 4.79 Å². The van der Waals surface area contributed by atoms with Crippen molar-refractivity contribution in [2.75, 3.05) is 20.0 Å². The van der Waals surface area contributed by atoms with Crippen molar-refractivity contribution in [2.24, 2.45) is 5.10 Å². The van der Waals surface area contributed by atoms with E-state index in [4.69, 9.17) is 9.47 Å². The van der Waals surface area contributed by atoms with E-state index in [1.165, 1.54) is 59.9 Å². The molecule has 4 aromatic rings. The average Bonchev–Trinajstić information content (AvgIpc) is 3.34. The fraction of sp³-hybridized carbons (Fsp3) is 0.167. The van der Waals surface area contributed by atoms with Crippen LogP contribution in [0, 0.1) is 0 Å². The number of thioether (sulfide) groups is 2. The number of rotatable bonds is 10. The Hall–Kier alpha value is -3.28. The number of carbonyl (C=O) groups is 1. The minimum Gasteiger partial charge on any atom is -0.502 e. The van der Waals surface area contributed by atoms with E-state index in [0.717, 1.165) is 14.4 Å². The average molecular weight is 527 g/mol. The first-order chi connectivity index (χ1) is 17.1. The van der Waals surface area contributed by atoms with Gasteiger partial charge >= 0.3 is 0 Å². The number of nitrogens with one attached hydrogen (secondary N) is 1. The first-order valence-corrected chi connectivity index (χ1v) is 13.2. The van der Waals surface area contributed by atoms with Gasteiger partial charge in [-0.15, -0.1) is 10.2 Å². The Morgan fingerprint density at radius 1 is 1.06 bits per heavy atom. The van der Waals surface area contributed by atoms with Gasteiger partial charge in [-0.25, -0.2) is 5.43 Å². The SMILES string of the molecule is COc1cc(/C=N\NC(=O)CSc2nnc(SCc3cccc4ccccc34)s2)cc(OC)c1O. The topological polar surface area (TPSA) is 106 Å². The third-order valence-corrected chi connectivity index (χ3v) is 8.09. The number of aromatic hydroxyl groups is 1. The number of fused-ring (bicyclic) bond motifs is 1. The second kappa shape index (κ2) is 11.9. The molecule has 3 aromatic carbocycles. The monoisotopic (exact) mass is 526 g/mol. The maximum atomic E-state index is 12.2. The summed E-state index contributed by atoms with van der Waals surface area (Å²) in [5, 5.41) is 24.8. The number of aromatic nitrogens is 2. The minimum absolute atomic E-state index is 0.0979. The van der Waals surface area contributed by atoms with Gasteiger partial charge in [-0.05, 0) is 28.5 Å². The Kier molecular flexibility index (Phi) is 8.45. The molecule has 0 aliphatic heterocycles. The summed E-state index contributed by atoms with van der Waals surface area (Å²) >= 11 is 4.40. The Bertz CT molecular complexity index is 1330. The predicted octanol–water partition coefficient (Wildman–Crippen LogP) is 4.95. The number of hydrazone groups is 1. The molecule has 1 amide bonds. The molecular weight excluding hydrogens is 504 g/mol. The van der Waals surface area contributed by atoms with Crippen molar-refractivity contribution in [3.05, 3.63) is 65.7 Å². The Labute approximate surface area is 214 Å². The third kappa shape index (κ3) is 6.44. The normalized spacial score (nSPS) is 11.1. The lowest BCUT2D eigenvalue weighted by atomic mass is 10.1. The number of hydrogen-bond donors (Lipinski definition) is 2. The molecular formula is C24H22N4O4S3. The lowest BCUT2D eigenvalue weighted by Crippen LogP contribution is -2.19. The lowest BCUT2D eigenvalue weighted by Gasteiger charge is -2.09. The molecule has 0 unspecified atom stereocenters. The van der Waals surface area contributed by atoms with E-state index in [9.17, 15) is 9.90 Å². The molecule has 0 aliphatic carbocycles. The van der Waals surface area contributed by atoms with Gasteiger partial charge in [0.1, 0.15) is 0 Å². The van der Waals surface area contributed by atoms with Crippen molar-refractivity contribution >= 4 is 57.8 Å². The molecule has 0 radical (unpaired) electrons. The van der Waals surface area contributed by atoms with Crippen LogP contribution in [-0.2, 0) is 10.5 Å². The van der Waals surface area contributed by atoms with E-state index < -0.39 is 0 Å². The van der Waals surface area contributed by atoms with Crippen LogP contribution in [-0.4, -0.2) is 47.4 Å². The van der Waals surface area contributed by atoms with E-state index in [1.54, 1.807) is 23.9 Å². The highest BCUT2D eigenvalue weighted by Crippen LogP contribution is 2.36. The molecule has 8 nitrogen and oxygen atoms in total. The van der Waals surface area contributed by atoms with Gasteiger partial charge in [0.2, 0.25) is 5.75 Å². The Morgan fingerprint density at radius 2 is 1.74 bits per heavy atom. The molecule has 0 saturated heterocycles. The molecule has 0 aliphatic rings. The van der Waals surface area contributed by atoms with Crippen molar-refractivity contribution in [1.82, 2.24) is 15.6 Å². The summed E-state index contributed by atoms with van der Waals surface area (Å²) < 4.78 is 11.8.